The average molecular weight is 420 g/mol. The maximum atomic E-state index is 6.22. The Morgan fingerprint density at radius 1 is 0.893 bits per heavy atom. The Bertz CT molecular complexity index is 1190. The minimum absolute atomic E-state index is 0.692. The SMILES string of the molecule is Clc1ccc2c(c1)N/C(=N\c1nc(-c3ccccc3)cs1)c1ccccc1S2. The van der Waals surface area contributed by atoms with Gasteiger partial charge >= 0.3 is 0 Å². The lowest BCUT2D eigenvalue weighted by molar-refractivity contribution is 1.33. The number of amidine groups is 1. The molecule has 0 radical (unpaired) electrons. The van der Waals surface area contributed by atoms with Gasteiger partial charge in [-0.3, -0.25) is 0 Å². The van der Waals surface area contributed by atoms with E-state index >= 15 is 0 Å². The van der Waals surface area contributed by atoms with Gasteiger partial charge in [-0.05, 0) is 24.3 Å². The lowest BCUT2D eigenvalue weighted by Gasteiger charge is -2.09. The van der Waals surface area contributed by atoms with Crippen molar-refractivity contribution in [1.29, 1.82) is 0 Å². The first kappa shape index (κ1) is 17.5. The van der Waals surface area contributed by atoms with Gasteiger partial charge in [-0.1, -0.05) is 71.9 Å². The van der Waals surface area contributed by atoms with Crippen LogP contribution in [0.4, 0.5) is 10.8 Å². The van der Waals surface area contributed by atoms with E-state index in [4.69, 9.17) is 21.6 Å². The molecule has 1 N–H and O–H groups in total. The number of nitrogens with one attached hydrogen (secondary N) is 1. The molecule has 3 aromatic carbocycles. The lowest BCUT2D eigenvalue weighted by atomic mass is 10.2. The molecule has 0 amide bonds. The van der Waals surface area contributed by atoms with Gasteiger partial charge in [-0.25, -0.2) is 9.98 Å². The van der Waals surface area contributed by atoms with Crippen molar-refractivity contribution < 1.29 is 0 Å². The number of hydrogen-bond acceptors (Lipinski definition) is 4. The van der Waals surface area contributed by atoms with E-state index in [1.54, 1.807) is 11.8 Å². The molecule has 28 heavy (non-hydrogen) atoms. The summed E-state index contributed by atoms with van der Waals surface area (Å²) in [5.74, 6) is 0.776. The molecule has 0 saturated carbocycles. The number of anilines is 1. The number of aromatic nitrogens is 1. The van der Waals surface area contributed by atoms with E-state index in [-0.39, 0.29) is 0 Å². The Labute approximate surface area is 176 Å². The number of thiazole rings is 1. The molecule has 1 aliphatic rings. The van der Waals surface area contributed by atoms with Crippen LogP contribution >= 0.6 is 34.7 Å². The van der Waals surface area contributed by atoms with Crippen LogP contribution in [0.15, 0.2) is 93.0 Å². The lowest BCUT2D eigenvalue weighted by Crippen LogP contribution is -2.13. The molecular formula is C22H14ClN3S2. The van der Waals surface area contributed by atoms with Crippen LogP contribution in [0.5, 0.6) is 0 Å². The van der Waals surface area contributed by atoms with Gasteiger partial charge in [-0.2, -0.15) is 0 Å². The van der Waals surface area contributed by atoms with Gasteiger partial charge in [0.25, 0.3) is 0 Å². The van der Waals surface area contributed by atoms with Crippen LogP contribution < -0.4 is 5.32 Å². The number of halogens is 1. The summed E-state index contributed by atoms with van der Waals surface area (Å²) in [5, 5.41) is 6.91. The van der Waals surface area contributed by atoms with Gasteiger partial charge in [0.1, 0.15) is 5.84 Å². The fraction of sp³-hybridized carbons (Fsp3) is 0. The predicted octanol–water partition coefficient (Wildman–Crippen LogP) is 7.12. The molecule has 0 fully saturated rings. The summed E-state index contributed by atoms with van der Waals surface area (Å²) in [6.07, 6.45) is 0. The van der Waals surface area contributed by atoms with E-state index in [2.05, 4.69) is 29.6 Å². The normalized spacial score (nSPS) is 14.1. The number of nitrogens with zero attached hydrogens (tertiary/aromatic N) is 2. The topological polar surface area (TPSA) is 37.3 Å². The van der Waals surface area contributed by atoms with Crippen molar-refractivity contribution in [3.63, 3.8) is 0 Å². The molecule has 1 aliphatic heterocycles. The van der Waals surface area contributed by atoms with Gasteiger partial charge < -0.3 is 5.32 Å². The fourth-order valence-electron chi connectivity index (χ4n) is 2.99. The zero-order valence-electron chi connectivity index (χ0n) is 14.6. The average Bonchev–Trinajstić information content (AvgIpc) is 3.13. The van der Waals surface area contributed by atoms with Crippen molar-refractivity contribution >= 4 is 51.4 Å². The zero-order chi connectivity index (χ0) is 18.9. The summed E-state index contributed by atoms with van der Waals surface area (Å²) in [4.78, 5) is 11.8. The van der Waals surface area contributed by atoms with Crippen molar-refractivity contribution in [2.24, 2.45) is 4.99 Å². The standard InChI is InChI=1S/C22H14ClN3S2/c23-15-10-11-20-17(12-15)24-21(16-8-4-5-9-19(16)28-20)26-22-25-18(13-27-22)14-6-2-1-3-7-14/h1-13H,(H,24,25,26). The van der Waals surface area contributed by atoms with E-state index in [1.165, 1.54) is 11.3 Å². The van der Waals surface area contributed by atoms with E-state index in [0.717, 1.165) is 38.1 Å². The Morgan fingerprint density at radius 2 is 1.71 bits per heavy atom. The number of rotatable bonds is 2. The number of benzene rings is 3. The molecule has 0 spiro atoms. The molecule has 0 atom stereocenters. The second-order valence-electron chi connectivity index (χ2n) is 6.21. The van der Waals surface area contributed by atoms with Crippen molar-refractivity contribution in [1.82, 2.24) is 4.98 Å². The van der Waals surface area contributed by atoms with E-state index in [0.29, 0.717) is 10.2 Å². The monoisotopic (exact) mass is 419 g/mol. The van der Waals surface area contributed by atoms with Crippen molar-refractivity contribution in [3.8, 4) is 11.3 Å². The van der Waals surface area contributed by atoms with Crippen LogP contribution in [0, 0.1) is 0 Å². The fourth-order valence-corrected chi connectivity index (χ4v) is 4.88. The highest BCUT2D eigenvalue weighted by Crippen LogP contribution is 2.40. The Balaban J connectivity index is 1.59. The largest absolute Gasteiger partial charge is 0.339 e. The van der Waals surface area contributed by atoms with Gasteiger partial charge in [0.05, 0.1) is 11.4 Å². The molecule has 0 aliphatic carbocycles. The molecule has 6 heteroatoms. The Morgan fingerprint density at radius 3 is 2.61 bits per heavy atom. The molecule has 0 bridgehead atoms. The van der Waals surface area contributed by atoms with Gasteiger partial charge in [0.15, 0.2) is 0 Å². The van der Waals surface area contributed by atoms with E-state index < -0.39 is 0 Å². The van der Waals surface area contributed by atoms with Crippen molar-refractivity contribution in [2.75, 3.05) is 5.32 Å². The summed E-state index contributed by atoms with van der Waals surface area (Å²) < 4.78 is 0. The second-order valence-corrected chi connectivity index (χ2v) is 8.56. The molecule has 0 saturated heterocycles. The van der Waals surface area contributed by atoms with Crippen LogP contribution in [-0.2, 0) is 0 Å². The highest BCUT2D eigenvalue weighted by atomic mass is 35.5. The van der Waals surface area contributed by atoms with Crippen LogP contribution in [-0.4, -0.2) is 10.8 Å². The molecule has 3 nitrogen and oxygen atoms in total. The second kappa shape index (κ2) is 7.43. The van der Waals surface area contributed by atoms with E-state index in [1.807, 2.05) is 53.9 Å². The quantitative estimate of drug-likeness (QED) is 0.376. The number of aliphatic imine (C=N–C) groups is 1. The van der Waals surface area contributed by atoms with Crippen molar-refractivity contribution in [2.45, 2.75) is 9.79 Å². The molecule has 1 aromatic heterocycles. The Hall–Kier alpha value is -2.60. The van der Waals surface area contributed by atoms with Crippen LogP contribution in [0.3, 0.4) is 0 Å². The minimum Gasteiger partial charge on any atom is -0.339 e. The molecule has 2 heterocycles. The summed E-state index contributed by atoms with van der Waals surface area (Å²) in [6.45, 7) is 0. The highest BCUT2D eigenvalue weighted by Gasteiger charge is 2.19. The third kappa shape index (κ3) is 3.44. The minimum atomic E-state index is 0.692. The summed E-state index contributed by atoms with van der Waals surface area (Å²) in [6, 6.07) is 24.3. The first-order valence-electron chi connectivity index (χ1n) is 8.70. The predicted molar refractivity (Wildman–Crippen MR) is 119 cm³/mol. The molecule has 136 valence electrons. The third-order valence-electron chi connectivity index (χ3n) is 4.33. The first-order chi connectivity index (χ1) is 13.8. The van der Waals surface area contributed by atoms with Gasteiger partial charge in [-0.15, -0.1) is 11.3 Å². The maximum Gasteiger partial charge on any atom is 0.211 e. The van der Waals surface area contributed by atoms with Crippen LogP contribution in [0.1, 0.15) is 5.56 Å². The first-order valence-corrected chi connectivity index (χ1v) is 10.8. The molecule has 4 aromatic rings. The van der Waals surface area contributed by atoms with E-state index in [9.17, 15) is 0 Å². The molecular weight excluding hydrogens is 406 g/mol. The summed E-state index contributed by atoms with van der Waals surface area (Å²) in [7, 11) is 0. The smallest absolute Gasteiger partial charge is 0.211 e. The number of hydrogen-bond donors (Lipinski definition) is 1. The molecule has 5 rings (SSSR count). The third-order valence-corrected chi connectivity index (χ3v) is 6.45. The van der Waals surface area contributed by atoms with Crippen LogP contribution in [0.25, 0.3) is 11.3 Å². The van der Waals surface area contributed by atoms with Crippen molar-refractivity contribution in [3.05, 3.63) is 88.8 Å². The highest BCUT2D eigenvalue weighted by molar-refractivity contribution is 7.99. The Kier molecular flexibility index (Phi) is 4.64. The van der Waals surface area contributed by atoms with Gasteiger partial charge in [0.2, 0.25) is 5.13 Å². The molecule has 0 unspecified atom stereocenters. The zero-order valence-corrected chi connectivity index (χ0v) is 17.0. The maximum absolute atomic E-state index is 6.22. The summed E-state index contributed by atoms with van der Waals surface area (Å²) in [5.41, 5.74) is 4.03. The van der Waals surface area contributed by atoms with Crippen LogP contribution in [0.2, 0.25) is 5.02 Å². The van der Waals surface area contributed by atoms with Gasteiger partial charge in [0, 0.05) is 31.3 Å². The summed E-state index contributed by atoms with van der Waals surface area (Å²) >= 11 is 9.46. The number of fused-ring (bicyclic) bond motifs is 2.